The van der Waals surface area contributed by atoms with Crippen LogP contribution in [0.15, 0.2) is 65.6 Å². The molecule has 0 saturated heterocycles. The molecule has 0 fully saturated rings. The van der Waals surface area contributed by atoms with Crippen LogP contribution in [0, 0.1) is 6.92 Å². The largest absolute Gasteiger partial charge is 0.384 e. The predicted octanol–water partition coefficient (Wildman–Crippen LogP) is 7.05. The Labute approximate surface area is 215 Å². The van der Waals surface area contributed by atoms with Crippen LogP contribution in [-0.4, -0.2) is 29.2 Å². The van der Waals surface area contributed by atoms with Crippen LogP contribution in [0.25, 0.3) is 33.8 Å². The first-order valence-electron chi connectivity index (χ1n) is 11.1. The first-order valence-corrected chi connectivity index (χ1v) is 13.5. The Bertz CT molecular complexity index is 1500. The molecular weight excluding hydrogens is 503 g/mol. The van der Waals surface area contributed by atoms with Gasteiger partial charge in [0.25, 0.3) is 0 Å². The van der Waals surface area contributed by atoms with Crippen LogP contribution in [0.5, 0.6) is 0 Å². The van der Waals surface area contributed by atoms with E-state index in [1.807, 2.05) is 31.2 Å². The zero-order valence-corrected chi connectivity index (χ0v) is 22.2. The van der Waals surface area contributed by atoms with E-state index in [4.69, 9.17) is 28.2 Å². The third kappa shape index (κ3) is 5.02. The van der Waals surface area contributed by atoms with Crippen molar-refractivity contribution in [2.45, 2.75) is 38.2 Å². The van der Waals surface area contributed by atoms with Gasteiger partial charge >= 0.3 is 0 Å². The number of hydrogen-bond donors (Lipinski definition) is 2. The van der Waals surface area contributed by atoms with Crippen molar-refractivity contribution >= 4 is 33.0 Å². The number of hydrogen-bond acceptors (Lipinski definition) is 4. The highest BCUT2D eigenvalue weighted by Crippen LogP contribution is 2.40. The summed E-state index contributed by atoms with van der Waals surface area (Å²) in [5, 5.41) is 11.7. The maximum absolute atomic E-state index is 12.3. The molecule has 0 aliphatic carbocycles. The molecule has 0 aliphatic rings. The van der Waals surface area contributed by atoms with Gasteiger partial charge in [0.15, 0.2) is 9.84 Å². The van der Waals surface area contributed by atoms with Crippen molar-refractivity contribution in [1.82, 2.24) is 9.97 Å². The molecule has 0 amide bonds. The van der Waals surface area contributed by atoms with Crippen molar-refractivity contribution in [2.24, 2.45) is 0 Å². The van der Waals surface area contributed by atoms with E-state index < -0.39 is 15.4 Å². The van der Waals surface area contributed by atoms with Crippen molar-refractivity contribution in [3.8, 4) is 33.8 Å². The lowest BCUT2D eigenvalue weighted by molar-refractivity contribution is 0.0750. The van der Waals surface area contributed by atoms with Crippen LogP contribution >= 0.6 is 23.2 Å². The normalized spacial score (nSPS) is 12.2. The summed E-state index contributed by atoms with van der Waals surface area (Å²) in [5.41, 5.74) is 3.80. The lowest BCUT2D eigenvalue weighted by Gasteiger charge is -2.18. The Morgan fingerprint density at radius 3 is 2.20 bits per heavy atom. The van der Waals surface area contributed by atoms with Gasteiger partial charge in [-0.25, -0.2) is 13.4 Å². The van der Waals surface area contributed by atoms with Crippen molar-refractivity contribution in [1.29, 1.82) is 0 Å². The van der Waals surface area contributed by atoms with Gasteiger partial charge in [-0.1, -0.05) is 66.5 Å². The van der Waals surface area contributed by atoms with Crippen LogP contribution in [0.4, 0.5) is 0 Å². The number of nitrogens with zero attached hydrogens (tertiary/aromatic N) is 1. The highest BCUT2D eigenvalue weighted by molar-refractivity contribution is 7.91. The van der Waals surface area contributed by atoms with E-state index in [0.717, 1.165) is 22.3 Å². The molecule has 0 spiro atoms. The quantitative estimate of drug-likeness (QED) is 0.281. The van der Waals surface area contributed by atoms with Crippen LogP contribution in [-0.2, 0) is 15.4 Å². The first kappa shape index (κ1) is 25.5. The molecule has 8 heteroatoms. The van der Waals surface area contributed by atoms with Crippen molar-refractivity contribution in [3.63, 3.8) is 0 Å². The van der Waals surface area contributed by atoms with Gasteiger partial charge in [-0.15, -0.1) is 0 Å². The predicted molar refractivity (Wildman–Crippen MR) is 143 cm³/mol. The molecule has 1 heterocycles. The number of aliphatic hydroxyl groups is 1. The number of halogens is 2. The molecule has 0 aliphatic heterocycles. The fourth-order valence-corrected chi connectivity index (χ4v) is 5.50. The molecule has 1 aromatic heterocycles. The van der Waals surface area contributed by atoms with Gasteiger partial charge in [-0.3, -0.25) is 0 Å². The number of aromatic amines is 1. The number of imidazole rings is 1. The van der Waals surface area contributed by atoms with Gasteiger partial charge in [0.1, 0.15) is 11.4 Å². The van der Waals surface area contributed by atoms with E-state index in [9.17, 15) is 13.5 Å². The topological polar surface area (TPSA) is 83.1 Å². The van der Waals surface area contributed by atoms with Crippen molar-refractivity contribution < 1.29 is 13.5 Å². The molecule has 182 valence electrons. The SMILES string of the molecule is CCS(=O)(=O)c1cccc(-c2ccc(-c3nc(-c4c(Cl)cccc4Cl)c(C(C)(C)O)[nH]3)c(C)c2)c1. The van der Waals surface area contributed by atoms with Gasteiger partial charge < -0.3 is 10.1 Å². The Kier molecular flexibility index (Phi) is 6.86. The van der Waals surface area contributed by atoms with E-state index in [1.54, 1.807) is 57.2 Å². The Morgan fingerprint density at radius 1 is 0.971 bits per heavy atom. The maximum atomic E-state index is 12.3. The molecule has 0 bridgehead atoms. The van der Waals surface area contributed by atoms with Crippen LogP contribution in [0.3, 0.4) is 0 Å². The number of H-pyrrole nitrogens is 1. The molecule has 0 unspecified atom stereocenters. The zero-order chi connectivity index (χ0) is 25.5. The number of benzene rings is 3. The van der Waals surface area contributed by atoms with E-state index in [1.165, 1.54) is 0 Å². The lowest BCUT2D eigenvalue weighted by atomic mass is 9.99. The van der Waals surface area contributed by atoms with E-state index in [2.05, 4.69) is 4.98 Å². The second-order valence-corrected chi connectivity index (χ2v) is 12.0. The molecule has 3 aromatic carbocycles. The second kappa shape index (κ2) is 9.43. The fraction of sp³-hybridized carbons (Fsp3) is 0.222. The number of sulfone groups is 1. The van der Waals surface area contributed by atoms with Gasteiger partial charge in [-0.2, -0.15) is 0 Å². The van der Waals surface area contributed by atoms with Crippen molar-refractivity contribution in [2.75, 3.05) is 5.75 Å². The monoisotopic (exact) mass is 528 g/mol. The minimum atomic E-state index is -3.30. The lowest BCUT2D eigenvalue weighted by Crippen LogP contribution is -2.17. The van der Waals surface area contributed by atoms with Gasteiger partial charge in [0.2, 0.25) is 0 Å². The third-order valence-electron chi connectivity index (χ3n) is 5.90. The molecule has 0 saturated carbocycles. The summed E-state index contributed by atoms with van der Waals surface area (Å²) in [6, 6.07) is 18.0. The van der Waals surface area contributed by atoms with Crippen LogP contribution in [0.2, 0.25) is 10.0 Å². The maximum Gasteiger partial charge on any atom is 0.178 e. The highest BCUT2D eigenvalue weighted by atomic mass is 35.5. The summed E-state index contributed by atoms with van der Waals surface area (Å²) in [7, 11) is -3.30. The zero-order valence-electron chi connectivity index (χ0n) is 19.9. The smallest absolute Gasteiger partial charge is 0.178 e. The summed E-state index contributed by atoms with van der Waals surface area (Å²) < 4.78 is 24.6. The molecule has 5 nitrogen and oxygen atoms in total. The van der Waals surface area contributed by atoms with Gasteiger partial charge in [-0.05, 0) is 61.7 Å². The summed E-state index contributed by atoms with van der Waals surface area (Å²) in [4.78, 5) is 8.37. The Hall–Kier alpha value is -2.64. The number of aryl methyl sites for hydroxylation is 1. The molecule has 35 heavy (non-hydrogen) atoms. The number of nitrogens with one attached hydrogen (secondary N) is 1. The minimum absolute atomic E-state index is 0.0498. The first-order chi connectivity index (χ1) is 16.4. The number of rotatable bonds is 6. The summed E-state index contributed by atoms with van der Waals surface area (Å²) in [6.45, 7) is 6.94. The average molecular weight is 529 g/mol. The second-order valence-electron chi connectivity index (χ2n) is 8.93. The van der Waals surface area contributed by atoms with Gasteiger partial charge in [0.05, 0.1) is 32.1 Å². The van der Waals surface area contributed by atoms with E-state index in [-0.39, 0.29) is 5.75 Å². The van der Waals surface area contributed by atoms with Gasteiger partial charge in [0, 0.05) is 11.1 Å². The standard InChI is InChI=1S/C27H26Cl2N2O3S/c1-5-35(33,34)19-9-6-8-17(15-19)18-12-13-20(16(2)14-18)26-30-24(25(31-26)27(3,4)32)23-21(28)10-7-11-22(23)29/h6-15,32H,5H2,1-4H3,(H,30,31). The molecule has 2 N–H and O–H groups in total. The van der Waals surface area contributed by atoms with Crippen molar-refractivity contribution in [3.05, 3.63) is 82.0 Å². The van der Waals surface area contributed by atoms with Crippen LogP contribution in [0.1, 0.15) is 32.0 Å². The summed E-state index contributed by atoms with van der Waals surface area (Å²) in [5.74, 6) is 0.619. The Morgan fingerprint density at radius 2 is 1.60 bits per heavy atom. The molecule has 4 rings (SSSR count). The fourth-order valence-electron chi connectivity index (χ4n) is 3.99. The third-order valence-corrected chi connectivity index (χ3v) is 8.27. The van der Waals surface area contributed by atoms with E-state index in [0.29, 0.717) is 37.7 Å². The minimum Gasteiger partial charge on any atom is -0.384 e. The van der Waals surface area contributed by atoms with E-state index >= 15 is 0 Å². The number of aromatic nitrogens is 2. The summed E-state index contributed by atoms with van der Waals surface area (Å²) >= 11 is 12.9. The molecule has 0 radical (unpaired) electrons. The Balaban J connectivity index is 1.82. The average Bonchev–Trinajstić information content (AvgIpc) is 3.24. The highest BCUT2D eigenvalue weighted by Gasteiger charge is 2.28. The molecular formula is C27H26Cl2N2O3S. The molecule has 4 aromatic rings. The van der Waals surface area contributed by atoms with Crippen LogP contribution < -0.4 is 0 Å². The molecule has 0 atom stereocenters. The summed E-state index contributed by atoms with van der Waals surface area (Å²) in [6.07, 6.45) is 0.